The fourth-order valence-electron chi connectivity index (χ4n) is 1.56. The van der Waals surface area contributed by atoms with E-state index in [1.165, 1.54) is 32.1 Å². The summed E-state index contributed by atoms with van der Waals surface area (Å²) >= 11 is 0. The van der Waals surface area contributed by atoms with Gasteiger partial charge in [-0.25, -0.2) is 0 Å². The van der Waals surface area contributed by atoms with Crippen molar-refractivity contribution in [3.05, 3.63) is 72.9 Å². The van der Waals surface area contributed by atoms with E-state index in [1.54, 1.807) is 0 Å². The molecule has 1 rings (SSSR count). The summed E-state index contributed by atoms with van der Waals surface area (Å²) in [6.45, 7) is 0. The third kappa shape index (κ3) is 9.37. The highest BCUT2D eigenvalue weighted by molar-refractivity contribution is 5.19. The summed E-state index contributed by atoms with van der Waals surface area (Å²) in [4.78, 5) is 0. The molecule has 0 aromatic carbocycles. The number of rotatable bonds is 0. The van der Waals surface area contributed by atoms with E-state index in [0.717, 1.165) is 0 Å². The monoisotopic (exact) mass is 226 g/mol. The van der Waals surface area contributed by atoms with Crippen LogP contribution in [0.5, 0.6) is 0 Å². The van der Waals surface area contributed by atoms with Crippen LogP contribution in [0.25, 0.3) is 0 Å². The van der Waals surface area contributed by atoms with Crippen molar-refractivity contribution >= 4 is 0 Å². The highest BCUT2D eigenvalue weighted by Crippen LogP contribution is 2.04. The van der Waals surface area contributed by atoms with Crippen LogP contribution in [0, 0.1) is 0 Å². The summed E-state index contributed by atoms with van der Waals surface area (Å²) in [5.74, 6) is 0. The van der Waals surface area contributed by atoms with E-state index in [2.05, 4.69) is 48.6 Å². The standard InChI is InChI=1S/C17H22/c1-2-4-6-8-10-12-14-16-17-15-13-11-9-7-5-3-1/h1-12H,13-17H2/b3-1?,4-2?,7-5-,8-6+,11-9-,12-10+. The summed E-state index contributed by atoms with van der Waals surface area (Å²) in [5.41, 5.74) is 0. The number of hydrogen-bond acceptors (Lipinski definition) is 0. The maximum Gasteiger partial charge on any atom is -0.0348 e. The molecule has 0 atom stereocenters. The molecule has 0 unspecified atom stereocenters. The fraction of sp³-hybridized carbons (Fsp3) is 0.294. The molecular formula is C17H22. The minimum Gasteiger partial charge on any atom is -0.0845 e. The van der Waals surface area contributed by atoms with Crippen molar-refractivity contribution < 1.29 is 0 Å². The molecular weight excluding hydrogens is 204 g/mol. The zero-order chi connectivity index (χ0) is 12.0. The Labute approximate surface area is 105 Å². The van der Waals surface area contributed by atoms with Crippen molar-refractivity contribution in [2.45, 2.75) is 32.1 Å². The molecule has 17 heavy (non-hydrogen) atoms. The average molecular weight is 226 g/mol. The van der Waals surface area contributed by atoms with Gasteiger partial charge in [-0.3, -0.25) is 0 Å². The van der Waals surface area contributed by atoms with Crippen molar-refractivity contribution in [3.63, 3.8) is 0 Å². The van der Waals surface area contributed by atoms with Gasteiger partial charge in [0, 0.05) is 0 Å². The zero-order valence-electron chi connectivity index (χ0n) is 10.5. The van der Waals surface area contributed by atoms with Crippen molar-refractivity contribution in [1.29, 1.82) is 0 Å². The summed E-state index contributed by atoms with van der Waals surface area (Å²) in [6.07, 6.45) is 31.5. The van der Waals surface area contributed by atoms with E-state index < -0.39 is 0 Å². The Morgan fingerprint density at radius 3 is 1.12 bits per heavy atom. The first-order valence-corrected chi connectivity index (χ1v) is 6.48. The molecule has 0 bridgehead atoms. The lowest BCUT2D eigenvalue weighted by molar-refractivity contribution is 0.696. The Morgan fingerprint density at radius 2 is 0.706 bits per heavy atom. The second kappa shape index (κ2) is 10.9. The number of allylic oxidation sites excluding steroid dienone is 12. The topological polar surface area (TPSA) is 0 Å². The van der Waals surface area contributed by atoms with E-state index >= 15 is 0 Å². The summed E-state index contributed by atoms with van der Waals surface area (Å²) < 4.78 is 0. The van der Waals surface area contributed by atoms with Crippen LogP contribution in [0.15, 0.2) is 72.9 Å². The zero-order valence-corrected chi connectivity index (χ0v) is 10.5. The Hall–Kier alpha value is -1.56. The van der Waals surface area contributed by atoms with Gasteiger partial charge < -0.3 is 0 Å². The normalized spacial score (nSPS) is 25.9. The van der Waals surface area contributed by atoms with Gasteiger partial charge in [0.1, 0.15) is 0 Å². The second-order valence-electron chi connectivity index (χ2n) is 4.03. The second-order valence-corrected chi connectivity index (χ2v) is 4.03. The van der Waals surface area contributed by atoms with Gasteiger partial charge in [0.25, 0.3) is 0 Å². The van der Waals surface area contributed by atoms with Crippen molar-refractivity contribution in [3.8, 4) is 0 Å². The highest BCUT2D eigenvalue weighted by Gasteiger charge is 1.84. The van der Waals surface area contributed by atoms with Crippen LogP contribution in [0.2, 0.25) is 0 Å². The summed E-state index contributed by atoms with van der Waals surface area (Å²) in [6, 6.07) is 0. The van der Waals surface area contributed by atoms with Crippen molar-refractivity contribution in [1.82, 2.24) is 0 Å². The van der Waals surface area contributed by atoms with Crippen LogP contribution in [0.4, 0.5) is 0 Å². The molecule has 0 N–H and O–H groups in total. The maximum atomic E-state index is 2.25. The van der Waals surface area contributed by atoms with Crippen molar-refractivity contribution in [2.24, 2.45) is 0 Å². The molecule has 0 saturated heterocycles. The first-order chi connectivity index (χ1) is 8.50. The molecule has 0 heterocycles. The highest BCUT2D eigenvalue weighted by atomic mass is 13.9. The maximum absolute atomic E-state index is 2.25. The average Bonchev–Trinajstić information content (AvgIpc) is 2.35. The largest absolute Gasteiger partial charge is 0.0845 e. The molecule has 0 radical (unpaired) electrons. The van der Waals surface area contributed by atoms with E-state index in [-0.39, 0.29) is 0 Å². The van der Waals surface area contributed by atoms with E-state index in [0.29, 0.717) is 0 Å². The minimum absolute atomic E-state index is 1.19. The van der Waals surface area contributed by atoms with Crippen LogP contribution in [0.1, 0.15) is 32.1 Å². The first kappa shape index (κ1) is 13.5. The molecule has 0 spiro atoms. The van der Waals surface area contributed by atoms with E-state index in [4.69, 9.17) is 0 Å². The van der Waals surface area contributed by atoms with Gasteiger partial charge in [-0.1, -0.05) is 79.3 Å². The molecule has 0 aromatic heterocycles. The summed E-state index contributed by atoms with van der Waals surface area (Å²) in [7, 11) is 0. The van der Waals surface area contributed by atoms with Gasteiger partial charge >= 0.3 is 0 Å². The molecule has 0 nitrogen and oxygen atoms in total. The van der Waals surface area contributed by atoms with Crippen LogP contribution < -0.4 is 0 Å². The molecule has 0 aliphatic heterocycles. The predicted octanol–water partition coefficient (Wildman–Crippen LogP) is 5.29. The molecule has 0 fully saturated rings. The molecule has 1 aliphatic rings. The van der Waals surface area contributed by atoms with Gasteiger partial charge in [0.15, 0.2) is 0 Å². The van der Waals surface area contributed by atoms with Crippen LogP contribution in [0.3, 0.4) is 0 Å². The third-order valence-corrected chi connectivity index (χ3v) is 2.51. The molecule has 0 saturated carbocycles. The molecule has 0 heteroatoms. The quantitative estimate of drug-likeness (QED) is 0.526. The molecule has 0 amide bonds. The van der Waals surface area contributed by atoms with Crippen LogP contribution in [-0.4, -0.2) is 0 Å². The van der Waals surface area contributed by atoms with Gasteiger partial charge in [0.05, 0.1) is 0 Å². The summed E-state index contributed by atoms with van der Waals surface area (Å²) in [5, 5.41) is 0. The number of hydrogen-bond donors (Lipinski definition) is 0. The van der Waals surface area contributed by atoms with Crippen LogP contribution >= 0.6 is 0 Å². The first-order valence-electron chi connectivity index (χ1n) is 6.48. The fourth-order valence-corrected chi connectivity index (χ4v) is 1.56. The van der Waals surface area contributed by atoms with Gasteiger partial charge in [-0.2, -0.15) is 0 Å². The third-order valence-electron chi connectivity index (χ3n) is 2.51. The Morgan fingerprint density at radius 1 is 0.353 bits per heavy atom. The lowest BCUT2D eigenvalue weighted by atomic mass is 10.1. The molecule has 0 aromatic rings. The Kier molecular flexibility index (Phi) is 8.69. The smallest absolute Gasteiger partial charge is 0.0348 e. The van der Waals surface area contributed by atoms with Gasteiger partial charge in [-0.05, 0) is 25.7 Å². The molecule has 90 valence electrons. The lowest BCUT2D eigenvalue weighted by Gasteiger charge is -1.94. The molecule has 1 aliphatic carbocycles. The van der Waals surface area contributed by atoms with E-state index in [1.807, 2.05) is 24.3 Å². The van der Waals surface area contributed by atoms with Gasteiger partial charge in [-0.15, -0.1) is 0 Å². The Balaban J connectivity index is 2.45. The minimum atomic E-state index is 1.19. The lowest BCUT2D eigenvalue weighted by Crippen LogP contribution is -1.74. The van der Waals surface area contributed by atoms with Crippen molar-refractivity contribution in [2.75, 3.05) is 0 Å². The van der Waals surface area contributed by atoms with E-state index in [9.17, 15) is 0 Å². The predicted molar refractivity (Wildman–Crippen MR) is 77.9 cm³/mol. The van der Waals surface area contributed by atoms with Gasteiger partial charge in [0.2, 0.25) is 0 Å². The SMILES string of the molecule is C1=C/C=C\C=C/CCCCC/C=C/C=C/C=C1. The Bertz CT molecular complexity index is 301. The van der Waals surface area contributed by atoms with Crippen LogP contribution in [-0.2, 0) is 0 Å².